The second-order valence-corrected chi connectivity index (χ2v) is 3.95. The van der Waals surface area contributed by atoms with E-state index in [0.29, 0.717) is 24.2 Å². The number of rotatable bonds is 4. The molecule has 0 aliphatic carbocycles. The van der Waals surface area contributed by atoms with Crippen LogP contribution >= 0.6 is 0 Å². The first-order chi connectivity index (χ1) is 8.19. The fourth-order valence-electron chi connectivity index (χ4n) is 1.43. The van der Waals surface area contributed by atoms with Crippen molar-refractivity contribution in [3.05, 3.63) is 30.2 Å². The smallest absolute Gasteiger partial charge is 0.228 e. The van der Waals surface area contributed by atoms with Gasteiger partial charge in [0.1, 0.15) is 5.75 Å². The van der Waals surface area contributed by atoms with E-state index >= 15 is 0 Å². The highest BCUT2D eigenvalue weighted by molar-refractivity contribution is 5.55. The number of likely N-dealkylation sites (N-methyl/N-ethyl adjacent to an activating group) is 1. The standard InChI is InChI=1S/C12H15N3O2/c1-8(13-2)7-11-14-12(15-17-11)9-3-5-10(16)6-4-9/h3-6,8,13,16H,7H2,1-2H3. The van der Waals surface area contributed by atoms with E-state index in [0.717, 1.165) is 5.56 Å². The minimum atomic E-state index is 0.223. The van der Waals surface area contributed by atoms with E-state index < -0.39 is 0 Å². The number of hydrogen-bond donors (Lipinski definition) is 2. The van der Waals surface area contributed by atoms with Gasteiger partial charge in [-0.3, -0.25) is 0 Å². The predicted octanol–water partition coefficient (Wildman–Crippen LogP) is 1.59. The zero-order chi connectivity index (χ0) is 12.3. The largest absolute Gasteiger partial charge is 0.508 e. The van der Waals surface area contributed by atoms with Crippen LogP contribution in [0.25, 0.3) is 11.4 Å². The molecule has 0 saturated carbocycles. The Morgan fingerprint density at radius 3 is 2.71 bits per heavy atom. The third-order valence-electron chi connectivity index (χ3n) is 2.57. The summed E-state index contributed by atoms with van der Waals surface area (Å²) in [5.74, 6) is 1.37. The van der Waals surface area contributed by atoms with Crippen LogP contribution in [0.1, 0.15) is 12.8 Å². The summed E-state index contributed by atoms with van der Waals surface area (Å²) in [5.41, 5.74) is 0.829. The number of hydrogen-bond acceptors (Lipinski definition) is 5. The summed E-state index contributed by atoms with van der Waals surface area (Å²) in [6, 6.07) is 7.00. The molecule has 5 heteroatoms. The van der Waals surface area contributed by atoms with Crippen molar-refractivity contribution in [1.29, 1.82) is 0 Å². The molecule has 0 amide bonds. The number of nitrogens with one attached hydrogen (secondary N) is 1. The molecule has 0 fully saturated rings. The number of aromatic hydroxyl groups is 1. The summed E-state index contributed by atoms with van der Waals surface area (Å²) in [6.07, 6.45) is 0.696. The van der Waals surface area contributed by atoms with Gasteiger partial charge < -0.3 is 14.9 Å². The molecule has 0 radical (unpaired) electrons. The Morgan fingerprint density at radius 1 is 1.35 bits per heavy atom. The first-order valence-corrected chi connectivity index (χ1v) is 5.48. The van der Waals surface area contributed by atoms with E-state index in [1.54, 1.807) is 24.3 Å². The van der Waals surface area contributed by atoms with E-state index in [4.69, 9.17) is 4.52 Å². The van der Waals surface area contributed by atoms with E-state index in [1.807, 2.05) is 14.0 Å². The number of nitrogens with zero attached hydrogens (tertiary/aromatic N) is 2. The van der Waals surface area contributed by atoms with E-state index in [9.17, 15) is 5.11 Å². The molecular weight excluding hydrogens is 218 g/mol. The van der Waals surface area contributed by atoms with Crippen LogP contribution in [0.15, 0.2) is 28.8 Å². The molecular formula is C12H15N3O2. The zero-order valence-electron chi connectivity index (χ0n) is 9.84. The first kappa shape index (κ1) is 11.6. The topological polar surface area (TPSA) is 71.2 Å². The molecule has 0 aliphatic heterocycles. The lowest BCUT2D eigenvalue weighted by molar-refractivity contribution is 0.365. The van der Waals surface area contributed by atoms with Gasteiger partial charge >= 0.3 is 0 Å². The van der Waals surface area contributed by atoms with Crippen LogP contribution in [0.2, 0.25) is 0 Å². The van der Waals surface area contributed by atoms with Crippen LogP contribution in [-0.4, -0.2) is 28.3 Å². The van der Waals surface area contributed by atoms with Crippen molar-refractivity contribution in [2.75, 3.05) is 7.05 Å². The number of phenols is 1. The average molecular weight is 233 g/mol. The van der Waals surface area contributed by atoms with Gasteiger partial charge in [-0.1, -0.05) is 5.16 Å². The van der Waals surface area contributed by atoms with Gasteiger partial charge in [0.2, 0.25) is 11.7 Å². The SMILES string of the molecule is CNC(C)Cc1nc(-c2ccc(O)cc2)no1. The fourth-order valence-corrected chi connectivity index (χ4v) is 1.43. The maximum Gasteiger partial charge on any atom is 0.228 e. The fraction of sp³-hybridized carbons (Fsp3) is 0.333. The average Bonchev–Trinajstić information content (AvgIpc) is 2.78. The molecule has 1 aromatic heterocycles. The zero-order valence-corrected chi connectivity index (χ0v) is 9.84. The first-order valence-electron chi connectivity index (χ1n) is 5.48. The monoisotopic (exact) mass is 233 g/mol. The molecule has 1 atom stereocenters. The van der Waals surface area contributed by atoms with E-state index in [1.165, 1.54) is 0 Å². The van der Waals surface area contributed by atoms with Crippen molar-refractivity contribution >= 4 is 0 Å². The van der Waals surface area contributed by atoms with Crippen molar-refractivity contribution < 1.29 is 9.63 Å². The Labute approximate surface area is 99.5 Å². The Hall–Kier alpha value is -1.88. The molecule has 1 heterocycles. The Bertz CT molecular complexity index is 479. The van der Waals surface area contributed by atoms with Gasteiger partial charge in [-0.15, -0.1) is 0 Å². The lowest BCUT2D eigenvalue weighted by atomic mass is 10.2. The maximum atomic E-state index is 9.19. The van der Waals surface area contributed by atoms with Gasteiger partial charge in [-0.25, -0.2) is 0 Å². The molecule has 1 unspecified atom stereocenters. The number of benzene rings is 1. The number of aromatic nitrogens is 2. The Morgan fingerprint density at radius 2 is 2.06 bits per heavy atom. The summed E-state index contributed by atoms with van der Waals surface area (Å²) in [5, 5.41) is 16.2. The minimum Gasteiger partial charge on any atom is -0.508 e. The molecule has 0 bridgehead atoms. The summed E-state index contributed by atoms with van der Waals surface area (Å²) >= 11 is 0. The molecule has 0 saturated heterocycles. The molecule has 2 N–H and O–H groups in total. The van der Waals surface area contributed by atoms with Gasteiger partial charge in [0, 0.05) is 18.0 Å². The van der Waals surface area contributed by atoms with Crippen LogP contribution in [-0.2, 0) is 6.42 Å². The molecule has 0 spiro atoms. The van der Waals surface area contributed by atoms with Crippen LogP contribution in [0.4, 0.5) is 0 Å². The lowest BCUT2D eigenvalue weighted by Gasteiger charge is -2.04. The second kappa shape index (κ2) is 4.97. The molecule has 2 aromatic rings. The molecule has 2 rings (SSSR count). The lowest BCUT2D eigenvalue weighted by Crippen LogP contribution is -2.23. The summed E-state index contributed by atoms with van der Waals surface area (Å²) in [7, 11) is 1.89. The summed E-state index contributed by atoms with van der Waals surface area (Å²) in [4.78, 5) is 4.30. The Balaban J connectivity index is 2.15. The molecule has 1 aromatic carbocycles. The van der Waals surface area contributed by atoms with Crippen molar-refractivity contribution in [3.63, 3.8) is 0 Å². The quantitative estimate of drug-likeness (QED) is 0.839. The highest BCUT2D eigenvalue weighted by Crippen LogP contribution is 2.19. The third-order valence-corrected chi connectivity index (χ3v) is 2.57. The summed E-state index contributed by atoms with van der Waals surface area (Å²) < 4.78 is 5.16. The highest BCUT2D eigenvalue weighted by Gasteiger charge is 2.10. The van der Waals surface area contributed by atoms with E-state index in [2.05, 4.69) is 15.5 Å². The van der Waals surface area contributed by atoms with Gasteiger partial charge in [0.25, 0.3) is 0 Å². The van der Waals surface area contributed by atoms with Gasteiger partial charge in [-0.05, 0) is 38.2 Å². The van der Waals surface area contributed by atoms with Gasteiger partial charge in [0.15, 0.2) is 0 Å². The Kier molecular flexibility index (Phi) is 3.39. The van der Waals surface area contributed by atoms with Crippen molar-refractivity contribution in [2.24, 2.45) is 0 Å². The third kappa shape index (κ3) is 2.82. The minimum absolute atomic E-state index is 0.223. The van der Waals surface area contributed by atoms with Crippen LogP contribution in [0.5, 0.6) is 5.75 Å². The van der Waals surface area contributed by atoms with E-state index in [-0.39, 0.29) is 5.75 Å². The van der Waals surface area contributed by atoms with Crippen LogP contribution in [0.3, 0.4) is 0 Å². The maximum absolute atomic E-state index is 9.19. The van der Waals surface area contributed by atoms with Crippen molar-refractivity contribution in [3.8, 4) is 17.1 Å². The molecule has 0 aliphatic rings. The number of phenolic OH excluding ortho intramolecular Hbond substituents is 1. The summed E-state index contributed by atoms with van der Waals surface area (Å²) in [6.45, 7) is 2.05. The second-order valence-electron chi connectivity index (χ2n) is 3.95. The predicted molar refractivity (Wildman–Crippen MR) is 63.6 cm³/mol. The molecule has 90 valence electrons. The molecule has 5 nitrogen and oxygen atoms in total. The van der Waals surface area contributed by atoms with Gasteiger partial charge in [0.05, 0.1) is 0 Å². The normalized spacial score (nSPS) is 12.6. The van der Waals surface area contributed by atoms with Crippen LogP contribution in [0, 0.1) is 0 Å². The molecule has 17 heavy (non-hydrogen) atoms. The highest BCUT2D eigenvalue weighted by atomic mass is 16.5. The van der Waals surface area contributed by atoms with Crippen LogP contribution < -0.4 is 5.32 Å². The van der Waals surface area contributed by atoms with Gasteiger partial charge in [-0.2, -0.15) is 4.98 Å². The van der Waals surface area contributed by atoms with Crippen molar-refractivity contribution in [1.82, 2.24) is 15.5 Å². The van der Waals surface area contributed by atoms with Crippen molar-refractivity contribution in [2.45, 2.75) is 19.4 Å².